The van der Waals surface area contributed by atoms with Crippen LogP contribution in [0.2, 0.25) is 5.02 Å². The minimum atomic E-state index is -2.79. The Bertz CT molecular complexity index is 1310. The van der Waals surface area contributed by atoms with Gasteiger partial charge >= 0.3 is 6.55 Å². The fourth-order valence-corrected chi connectivity index (χ4v) is 4.52. The lowest BCUT2D eigenvalue weighted by Crippen LogP contribution is -2.42. The van der Waals surface area contributed by atoms with Gasteiger partial charge in [-0.3, -0.25) is 4.79 Å². The van der Waals surface area contributed by atoms with Crippen LogP contribution in [-0.4, -0.2) is 70.9 Å². The zero-order chi connectivity index (χ0) is 27.4. The molecule has 0 saturated carbocycles. The van der Waals surface area contributed by atoms with Crippen molar-refractivity contribution in [2.45, 2.75) is 25.4 Å². The van der Waals surface area contributed by atoms with Gasteiger partial charge in [0.2, 0.25) is 11.9 Å². The van der Waals surface area contributed by atoms with Gasteiger partial charge in [-0.15, -0.1) is 0 Å². The number of piperidine rings is 1. The Balaban J connectivity index is 1.67. The first kappa shape index (κ1) is 27.3. The maximum absolute atomic E-state index is 13.0. The minimum absolute atomic E-state index is 0.146. The molecule has 0 radical (unpaired) electrons. The maximum Gasteiger partial charge on any atom is 0.333 e. The average Bonchev–Trinajstić information content (AvgIpc) is 3.40. The van der Waals surface area contributed by atoms with Gasteiger partial charge in [0.25, 0.3) is 0 Å². The van der Waals surface area contributed by atoms with E-state index in [1.54, 1.807) is 6.07 Å². The van der Waals surface area contributed by atoms with E-state index in [0.29, 0.717) is 33.4 Å². The van der Waals surface area contributed by atoms with Crippen LogP contribution >= 0.6 is 11.6 Å². The third-order valence-electron chi connectivity index (χ3n) is 6.36. The number of halogens is 3. The van der Waals surface area contributed by atoms with Gasteiger partial charge < -0.3 is 25.2 Å². The van der Waals surface area contributed by atoms with Gasteiger partial charge in [-0.25, -0.2) is 14.6 Å². The standard InChI is InChI=1S/C25H29ClF2N8O2/c1-5-22(37)31-18-10-19(21(38-4)11-20(18)35-8-6-16(7-9-35)34(2)3)32-25-29-13-17(26)23(33-25)15-12-30-36(14-15)24(27)28/h5,10-14,16,24H,1,6-9H2,2-4H3,(H,31,37)(H,29,32,33). The summed E-state index contributed by atoms with van der Waals surface area (Å²) in [5, 5.41) is 9.78. The highest BCUT2D eigenvalue weighted by Gasteiger charge is 2.24. The number of methoxy groups -OCH3 is 1. The molecule has 38 heavy (non-hydrogen) atoms. The molecule has 202 valence electrons. The van der Waals surface area contributed by atoms with Crippen LogP contribution in [0.15, 0.2) is 43.4 Å². The van der Waals surface area contributed by atoms with Gasteiger partial charge in [-0.1, -0.05) is 18.2 Å². The molecular formula is C25H29ClF2N8O2. The molecule has 1 fully saturated rings. The predicted octanol–water partition coefficient (Wildman–Crippen LogP) is 4.80. The SMILES string of the molecule is C=CC(=O)Nc1cc(Nc2ncc(Cl)c(-c3cnn(C(F)F)c3)n2)c(OC)cc1N1CCC(N(C)C)CC1. The molecule has 0 bridgehead atoms. The van der Waals surface area contributed by atoms with Crippen molar-refractivity contribution in [2.75, 3.05) is 49.8 Å². The lowest BCUT2D eigenvalue weighted by molar-refractivity contribution is -0.111. The second kappa shape index (κ2) is 11.7. The van der Waals surface area contributed by atoms with Gasteiger partial charge in [0.15, 0.2) is 0 Å². The van der Waals surface area contributed by atoms with E-state index in [4.69, 9.17) is 16.3 Å². The number of carbonyl (C=O) groups is 1. The Hall–Kier alpha value is -3.77. The highest BCUT2D eigenvalue weighted by molar-refractivity contribution is 6.32. The Morgan fingerprint density at radius 2 is 2.00 bits per heavy atom. The predicted molar refractivity (Wildman–Crippen MR) is 144 cm³/mol. The number of anilines is 4. The van der Waals surface area contributed by atoms with E-state index in [1.807, 2.05) is 6.07 Å². The summed E-state index contributed by atoms with van der Waals surface area (Å²) in [5.41, 5.74) is 2.40. The van der Waals surface area contributed by atoms with E-state index < -0.39 is 6.55 Å². The largest absolute Gasteiger partial charge is 0.494 e. The zero-order valence-electron chi connectivity index (χ0n) is 21.3. The Morgan fingerprint density at radius 1 is 1.26 bits per heavy atom. The number of hydrogen-bond donors (Lipinski definition) is 2. The molecule has 3 aromatic rings. The molecule has 1 amide bonds. The van der Waals surface area contributed by atoms with Crippen LogP contribution in [0.3, 0.4) is 0 Å². The highest BCUT2D eigenvalue weighted by Crippen LogP contribution is 2.39. The summed E-state index contributed by atoms with van der Waals surface area (Å²) in [7, 11) is 5.70. The van der Waals surface area contributed by atoms with E-state index >= 15 is 0 Å². The van der Waals surface area contributed by atoms with Crippen molar-refractivity contribution in [2.24, 2.45) is 0 Å². The number of nitrogens with one attached hydrogen (secondary N) is 2. The van der Waals surface area contributed by atoms with Crippen molar-refractivity contribution in [3.05, 3.63) is 48.4 Å². The number of nitrogens with zero attached hydrogens (tertiary/aromatic N) is 6. The number of carbonyl (C=O) groups excluding carboxylic acids is 1. The Morgan fingerprint density at radius 3 is 2.61 bits per heavy atom. The number of aromatic nitrogens is 4. The monoisotopic (exact) mass is 546 g/mol. The van der Waals surface area contributed by atoms with E-state index in [2.05, 4.69) is 56.2 Å². The third-order valence-corrected chi connectivity index (χ3v) is 6.64. The number of rotatable bonds is 9. The Kier molecular flexibility index (Phi) is 8.42. The smallest absolute Gasteiger partial charge is 0.333 e. The van der Waals surface area contributed by atoms with Crippen LogP contribution in [0.1, 0.15) is 19.4 Å². The summed E-state index contributed by atoms with van der Waals surface area (Å²) in [5.74, 6) is 0.289. The van der Waals surface area contributed by atoms with Crippen LogP contribution in [-0.2, 0) is 4.79 Å². The van der Waals surface area contributed by atoms with Crippen molar-refractivity contribution >= 4 is 40.5 Å². The Labute approximate surface area is 224 Å². The van der Waals surface area contributed by atoms with Crippen LogP contribution in [0.25, 0.3) is 11.3 Å². The van der Waals surface area contributed by atoms with Crippen molar-refractivity contribution in [1.82, 2.24) is 24.6 Å². The second-order valence-corrected chi connectivity index (χ2v) is 9.35. The van der Waals surface area contributed by atoms with Crippen LogP contribution in [0.5, 0.6) is 5.75 Å². The van der Waals surface area contributed by atoms with Gasteiger partial charge in [0.1, 0.15) is 5.75 Å². The molecule has 4 rings (SSSR count). The van der Waals surface area contributed by atoms with Gasteiger partial charge in [0.05, 0.1) is 47.3 Å². The van der Waals surface area contributed by atoms with Crippen LogP contribution < -0.4 is 20.3 Å². The lowest BCUT2D eigenvalue weighted by Gasteiger charge is -2.37. The first-order chi connectivity index (χ1) is 18.2. The van der Waals surface area contributed by atoms with Crippen LogP contribution in [0, 0.1) is 0 Å². The molecule has 3 heterocycles. The van der Waals surface area contributed by atoms with Crippen LogP contribution in [0.4, 0.5) is 31.8 Å². The van der Waals surface area contributed by atoms with Gasteiger partial charge in [0, 0.05) is 37.0 Å². The molecule has 1 saturated heterocycles. The number of amides is 1. The summed E-state index contributed by atoms with van der Waals surface area (Å²) in [6, 6.07) is 4.07. The highest BCUT2D eigenvalue weighted by atomic mass is 35.5. The molecule has 0 spiro atoms. The zero-order valence-corrected chi connectivity index (χ0v) is 22.0. The molecule has 10 nitrogen and oxygen atoms in total. The fourth-order valence-electron chi connectivity index (χ4n) is 4.32. The summed E-state index contributed by atoms with van der Waals surface area (Å²) in [6.45, 7) is 2.39. The van der Waals surface area contributed by atoms with Crippen molar-refractivity contribution < 1.29 is 18.3 Å². The van der Waals surface area contributed by atoms with E-state index in [0.717, 1.165) is 37.8 Å². The first-order valence-electron chi connectivity index (χ1n) is 11.9. The summed E-state index contributed by atoms with van der Waals surface area (Å²) in [4.78, 5) is 25.3. The summed E-state index contributed by atoms with van der Waals surface area (Å²) >= 11 is 6.25. The minimum Gasteiger partial charge on any atom is -0.494 e. The number of ether oxygens (including phenoxy) is 1. The van der Waals surface area contributed by atoms with E-state index in [-0.39, 0.29) is 22.6 Å². The number of benzene rings is 1. The second-order valence-electron chi connectivity index (χ2n) is 8.95. The quantitative estimate of drug-likeness (QED) is 0.369. The van der Waals surface area contributed by atoms with Crippen molar-refractivity contribution in [1.29, 1.82) is 0 Å². The van der Waals surface area contributed by atoms with E-state index in [9.17, 15) is 13.6 Å². The third kappa shape index (κ3) is 6.03. The molecule has 13 heteroatoms. The molecule has 2 aromatic heterocycles. The van der Waals surface area contributed by atoms with Gasteiger partial charge in [-0.05, 0) is 39.1 Å². The molecule has 1 aliphatic heterocycles. The molecule has 0 atom stereocenters. The molecule has 1 aliphatic rings. The van der Waals surface area contributed by atoms with Gasteiger partial charge in [-0.2, -0.15) is 13.9 Å². The normalized spacial score (nSPS) is 14.2. The van der Waals surface area contributed by atoms with Crippen molar-refractivity contribution in [3.8, 4) is 17.0 Å². The topological polar surface area (TPSA) is 100 Å². The fraction of sp³-hybridized carbons (Fsp3) is 0.360. The number of alkyl halides is 2. The molecule has 2 N–H and O–H groups in total. The molecule has 1 aromatic carbocycles. The lowest BCUT2D eigenvalue weighted by atomic mass is 10.0. The average molecular weight is 547 g/mol. The van der Waals surface area contributed by atoms with E-state index in [1.165, 1.54) is 25.6 Å². The van der Waals surface area contributed by atoms with Crippen molar-refractivity contribution in [3.63, 3.8) is 0 Å². The molecule has 0 unspecified atom stereocenters. The maximum atomic E-state index is 13.0. The summed E-state index contributed by atoms with van der Waals surface area (Å²) in [6.07, 6.45) is 6.93. The first-order valence-corrected chi connectivity index (χ1v) is 12.3. The number of hydrogen-bond acceptors (Lipinski definition) is 8. The summed E-state index contributed by atoms with van der Waals surface area (Å²) < 4.78 is 32.1. The molecule has 0 aliphatic carbocycles. The molecular weight excluding hydrogens is 518 g/mol.